The number of nitrogens with one attached hydrogen (secondary N) is 2. The predicted molar refractivity (Wildman–Crippen MR) is 104 cm³/mol. The smallest absolute Gasteiger partial charge is 0.251 e. The van der Waals surface area contributed by atoms with Crippen LogP contribution in [0, 0.1) is 20.8 Å². The molecule has 0 saturated heterocycles. The number of nitrogens with zero attached hydrogens (tertiary/aromatic N) is 3. The molecule has 1 amide bonds. The summed E-state index contributed by atoms with van der Waals surface area (Å²) in [6.45, 7) is 7.74. The van der Waals surface area contributed by atoms with Crippen LogP contribution in [0.25, 0.3) is 0 Å². The molecular formula is C19H21N5OS. The van der Waals surface area contributed by atoms with Gasteiger partial charge in [0.25, 0.3) is 5.91 Å². The summed E-state index contributed by atoms with van der Waals surface area (Å²) in [7, 11) is 0. The number of anilines is 2. The molecule has 6 nitrogen and oxygen atoms in total. The SMILES string of the molecule is Cc1cc(C)nc(Nc2ccc(C(=O)NC(C)c3csc(C)n3)cc2)n1. The number of carbonyl (C=O) groups is 1. The van der Waals surface area contributed by atoms with Gasteiger partial charge in [0.05, 0.1) is 16.7 Å². The van der Waals surface area contributed by atoms with Crippen LogP contribution in [-0.2, 0) is 0 Å². The van der Waals surface area contributed by atoms with Crippen molar-refractivity contribution in [3.8, 4) is 0 Å². The first-order chi connectivity index (χ1) is 12.4. The van der Waals surface area contributed by atoms with Crippen molar-refractivity contribution in [3.63, 3.8) is 0 Å². The molecule has 7 heteroatoms. The van der Waals surface area contributed by atoms with Crippen molar-refractivity contribution in [3.05, 3.63) is 63.4 Å². The molecule has 2 aromatic heterocycles. The molecule has 0 fully saturated rings. The summed E-state index contributed by atoms with van der Waals surface area (Å²) < 4.78 is 0. The number of thiazole rings is 1. The zero-order valence-corrected chi connectivity index (χ0v) is 16.0. The highest BCUT2D eigenvalue weighted by molar-refractivity contribution is 7.09. The zero-order valence-electron chi connectivity index (χ0n) is 15.2. The highest BCUT2D eigenvalue weighted by Crippen LogP contribution is 2.18. The molecule has 3 rings (SSSR count). The zero-order chi connectivity index (χ0) is 18.7. The Hall–Kier alpha value is -2.80. The van der Waals surface area contributed by atoms with E-state index in [4.69, 9.17) is 0 Å². The number of hydrogen-bond acceptors (Lipinski definition) is 6. The maximum absolute atomic E-state index is 12.4. The quantitative estimate of drug-likeness (QED) is 0.710. The van der Waals surface area contributed by atoms with Gasteiger partial charge in [-0.2, -0.15) is 0 Å². The van der Waals surface area contributed by atoms with Gasteiger partial charge in [0.1, 0.15) is 0 Å². The average Bonchev–Trinajstić information content (AvgIpc) is 3.01. The van der Waals surface area contributed by atoms with Crippen LogP contribution in [-0.4, -0.2) is 20.9 Å². The molecular weight excluding hydrogens is 346 g/mol. The fourth-order valence-corrected chi connectivity index (χ4v) is 3.26. The topological polar surface area (TPSA) is 79.8 Å². The van der Waals surface area contributed by atoms with Gasteiger partial charge in [-0.15, -0.1) is 11.3 Å². The summed E-state index contributed by atoms with van der Waals surface area (Å²) in [6.07, 6.45) is 0. The molecule has 1 unspecified atom stereocenters. The number of carbonyl (C=O) groups excluding carboxylic acids is 1. The number of aryl methyl sites for hydroxylation is 3. The van der Waals surface area contributed by atoms with Crippen molar-refractivity contribution in [2.75, 3.05) is 5.32 Å². The lowest BCUT2D eigenvalue weighted by Gasteiger charge is -2.12. The summed E-state index contributed by atoms with van der Waals surface area (Å²) in [5, 5.41) is 9.09. The van der Waals surface area contributed by atoms with Gasteiger partial charge >= 0.3 is 0 Å². The van der Waals surface area contributed by atoms with Crippen molar-refractivity contribution in [2.24, 2.45) is 0 Å². The molecule has 0 aliphatic rings. The van der Waals surface area contributed by atoms with Crippen molar-refractivity contribution >= 4 is 28.9 Å². The standard InChI is InChI=1S/C19H21N5OS/c1-11-9-12(2)21-19(20-11)24-16-7-5-15(6-8-16)18(25)22-13(3)17-10-26-14(4)23-17/h5-10,13H,1-4H3,(H,22,25)(H,20,21,24). The first kappa shape index (κ1) is 18.0. The lowest BCUT2D eigenvalue weighted by Crippen LogP contribution is -2.26. The molecule has 2 N–H and O–H groups in total. The van der Waals surface area contributed by atoms with Crippen molar-refractivity contribution < 1.29 is 4.79 Å². The normalized spacial score (nSPS) is 11.8. The Morgan fingerprint density at radius 3 is 2.27 bits per heavy atom. The predicted octanol–water partition coefficient (Wildman–Crippen LogP) is 4.09. The lowest BCUT2D eigenvalue weighted by molar-refractivity contribution is 0.0939. The van der Waals surface area contributed by atoms with Crippen molar-refractivity contribution in [1.29, 1.82) is 0 Å². The van der Waals surface area contributed by atoms with Crippen molar-refractivity contribution in [2.45, 2.75) is 33.7 Å². The van der Waals surface area contributed by atoms with Crippen LogP contribution in [0.1, 0.15) is 45.4 Å². The molecule has 0 aliphatic carbocycles. The van der Waals surface area contributed by atoms with Gasteiger partial charge < -0.3 is 10.6 Å². The molecule has 26 heavy (non-hydrogen) atoms. The minimum atomic E-state index is -0.131. The number of amides is 1. The van der Waals surface area contributed by atoms with Gasteiger partial charge in [-0.25, -0.2) is 15.0 Å². The summed E-state index contributed by atoms with van der Waals surface area (Å²) in [4.78, 5) is 25.5. The van der Waals surface area contributed by atoms with Gasteiger partial charge in [-0.05, 0) is 58.0 Å². The summed E-state index contributed by atoms with van der Waals surface area (Å²) in [5.41, 5.74) is 4.11. The van der Waals surface area contributed by atoms with Crippen LogP contribution < -0.4 is 10.6 Å². The highest BCUT2D eigenvalue weighted by Gasteiger charge is 2.13. The minimum absolute atomic E-state index is 0.127. The molecule has 134 valence electrons. The van der Waals surface area contributed by atoms with Crippen LogP contribution >= 0.6 is 11.3 Å². The Labute approximate surface area is 156 Å². The van der Waals surface area contributed by atoms with Gasteiger partial charge in [0.2, 0.25) is 5.95 Å². The number of benzene rings is 1. The van der Waals surface area contributed by atoms with Gasteiger partial charge in [0, 0.05) is 28.0 Å². The third-order valence-corrected chi connectivity index (χ3v) is 4.61. The number of aromatic nitrogens is 3. The second-order valence-corrected chi connectivity index (χ2v) is 7.23. The third kappa shape index (κ3) is 4.43. The molecule has 0 radical (unpaired) electrons. The molecule has 0 spiro atoms. The summed E-state index contributed by atoms with van der Waals surface area (Å²) >= 11 is 1.58. The highest BCUT2D eigenvalue weighted by atomic mass is 32.1. The van der Waals surface area contributed by atoms with Crippen molar-refractivity contribution in [1.82, 2.24) is 20.3 Å². The minimum Gasteiger partial charge on any atom is -0.344 e. The van der Waals surface area contributed by atoms with Crippen LogP contribution in [0.4, 0.5) is 11.6 Å². The second kappa shape index (κ2) is 7.61. The Morgan fingerprint density at radius 1 is 1.04 bits per heavy atom. The van der Waals surface area contributed by atoms with E-state index in [-0.39, 0.29) is 11.9 Å². The van der Waals surface area contributed by atoms with Gasteiger partial charge in [-0.3, -0.25) is 4.79 Å². The second-order valence-electron chi connectivity index (χ2n) is 6.16. The number of rotatable bonds is 5. The first-order valence-corrected chi connectivity index (χ1v) is 9.21. The molecule has 0 aliphatic heterocycles. The maximum atomic E-state index is 12.4. The van der Waals surface area contributed by atoms with Crippen LogP contribution in [0.3, 0.4) is 0 Å². The van der Waals surface area contributed by atoms with E-state index in [0.717, 1.165) is 27.8 Å². The Morgan fingerprint density at radius 2 is 1.69 bits per heavy atom. The van der Waals surface area contributed by atoms with E-state index in [2.05, 4.69) is 25.6 Å². The lowest BCUT2D eigenvalue weighted by atomic mass is 10.1. The molecule has 1 atom stereocenters. The van der Waals surface area contributed by atoms with E-state index in [1.54, 1.807) is 23.5 Å². The van der Waals surface area contributed by atoms with Crippen LogP contribution in [0.5, 0.6) is 0 Å². The Kier molecular flexibility index (Phi) is 5.27. The summed E-state index contributed by atoms with van der Waals surface area (Å²) in [5.74, 6) is 0.421. The summed E-state index contributed by atoms with van der Waals surface area (Å²) in [6, 6.07) is 9.03. The fraction of sp³-hybridized carbons (Fsp3) is 0.263. The van der Waals surface area contributed by atoms with E-state index >= 15 is 0 Å². The molecule has 0 saturated carbocycles. The van der Waals surface area contributed by atoms with Crippen LogP contribution in [0.15, 0.2) is 35.7 Å². The van der Waals surface area contributed by atoms with Gasteiger partial charge in [0.15, 0.2) is 0 Å². The maximum Gasteiger partial charge on any atom is 0.251 e. The van der Waals surface area contributed by atoms with E-state index in [1.807, 2.05) is 51.3 Å². The number of hydrogen-bond donors (Lipinski definition) is 2. The monoisotopic (exact) mass is 367 g/mol. The Balaban J connectivity index is 1.65. The Bertz CT molecular complexity index is 900. The fourth-order valence-electron chi connectivity index (χ4n) is 2.55. The average molecular weight is 367 g/mol. The molecule has 3 aromatic rings. The van der Waals surface area contributed by atoms with E-state index < -0.39 is 0 Å². The molecule has 0 bridgehead atoms. The first-order valence-electron chi connectivity index (χ1n) is 8.33. The third-order valence-electron chi connectivity index (χ3n) is 3.81. The van der Waals surface area contributed by atoms with E-state index in [0.29, 0.717) is 11.5 Å². The molecule has 2 heterocycles. The van der Waals surface area contributed by atoms with Crippen LogP contribution in [0.2, 0.25) is 0 Å². The van der Waals surface area contributed by atoms with E-state index in [1.165, 1.54) is 0 Å². The largest absolute Gasteiger partial charge is 0.344 e. The van der Waals surface area contributed by atoms with E-state index in [9.17, 15) is 4.79 Å². The van der Waals surface area contributed by atoms with Gasteiger partial charge in [-0.1, -0.05) is 0 Å². The molecule has 1 aromatic carbocycles.